The van der Waals surface area contributed by atoms with Gasteiger partial charge < -0.3 is 54.2 Å². The molecule has 0 aromatic heterocycles. The SMILES string of the molecule is C#CCOCCOCCNC(=O)CCC(CCC(=O)NCCOCCOCC#C)(CCC(=O)NCCOCCOCC#C)NC(=O)CCCCOP(=O)(S)C(C)C. The molecule has 0 aromatic rings. The molecule has 1 unspecified atom stereocenters. The van der Waals surface area contributed by atoms with Crippen LogP contribution in [0.3, 0.4) is 0 Å². The molecule has 0 saturated carbocycles. The number of unbranched alkanes of at least 4 members (excludes halogenated alkanes) is 1. The zero-order valence-electron chi connectivity index (χ0n) is 33.8. The number of ether oxygens (including phenoxy) is 6. The van der Waals surface area contributed by atoms with Crippen molar-refractivity contribution in [3.8, 4) is 37.0 Å². The zero-order chi connectivity index (χ0) is 42.5. The summed E-state index contributed by atoms with van der Waals surface area (Å²) in [7, 11) is 0. The zero-order valence-corrected chi connectivity index (χ0v) is 35.6. The van der Waals surface area contributed by atoms with Gasteiger partial charge in [-0.2, -0.15) is 0 Å². The average Bonchev–Trinajstić information content (AvgIpc) is 3.18. The molecule has 0 aliphatic heterocycles. The maximum absolute atomic E-state index is 13.4. The molecule has 0 bridgehead atoms. The van der Waals surface area contributed by atoms with Gasteiger partial charge in [0, 0.05) is 56.5 Å². The van der Waals surface area contributed by atoms with Crippen molar-refractivity contribution in [1.29, 1.82) is 0 Å². The van der Waals surface area contributed by atoms with E-state index < -0.39 is 12.1 Å². The van der Waals surface area contributed by atoms with Crippen molar-refractivity contribution >= 4 is 42.4 Å². The minimum absolute atomic E-state index is 0.000243. The first-order valence-electron chi connectivity index (χ1n) is 19.3. The third-order valence-electron chi connectivity index (χ3n) is 8.00. The Balaban J connectivity index is 5.62. The van der Waals surface area contributed by atoms with Crippen LogP contribution >= 0.6 is 18.8 Å². The van der Waals surface area contributed by atoms with Gasteiger partial charge >= 0.3 is 0 Å². The predicted octanol–water partition coefficient (Wildman–Crippen LogP) is 2.25. The topological polar surface area (TPSA) is 198 Å². The van der Waals surface area contributed by atoms with E-state index in [1.165, 1.54) is 0 Å². The molecule has 0 heterocycles. The Morgan fingerprint density at radius 3 is 1.28 bits per heavy atom. The lowest BCUT2D eigenvalue weighted by Crippen LogP contribution is -2.50. The van der Waals surface area contributed by atoms with Crippen LogP contribution in [0.1, 0.15) is 71.6 Å². The van der Waals surface area contributed by atoms with Gasteiger partial charge in [-0.25, -0.2) is 0 Å². The van der Waals surface area contributed by atoms with E-state index in [0.717, 1.165) is 0 Å². The van der Waals surface area contributed by atoms with Crippen molar-refractivity contribution in [2.75, 3.05) is 106 Å². The van der Waals surface area contributed by atoms with Gasteiger partial charge in [-0.3, -0.25) is 23.7 Å². The highest BCUT2D eigenvalue weighted by molar-refractivity contribution is 8.46. The quantitative estimate of drug-likeness (QED) is 0.0264. The molecule has 16 nitrogen and oxygen atoms in total. The number of nitrogens with one attached hydrogen (secondary N) is 4. The highest BCUT2D eigenvalue weighted by Gasteiger charge is 2.33. The second-order valence-corrected chi connectivity index (χ2v) is 17.0. The van der Waals surface area contributed by atoms with Gasteiger partial charge in [0.1, 0.15) is 19.8 Å². The van der Waals surface area contributed by atoms with Crippen LogP contribution in [0.5, 0.6) is 0 Å². The Bertz CT molecular complexity index is 1190. The van der Waals surface area contributed by atoms with E-state index in [4.69, 9.17) is 52.2 Å². The van der Waals surface area contributed by atoms with Crippen molar-refractivity contribution in [2.24, 2.45) is 0 Å². The Morgan fingerprint density at radius 1 is 0.561 bits per heavy atom. The van der Waals surface area contributed by atoms with Crippen LogP contribution in [0.25, 0.3) is 0 Å². The molecule has 0 rings (SSSR count). The lowest BCUT2D eigenvalue weighted by Gasteiger charge is -2.35. The second kappa shape index (κ2) is 36.0. The van der Waals surface area contributed by atoms with Crippen molar-refractivity contribution in [3.05, 3.63) is 0 Å². The molecule has 57 heavy (non-hydrogen) atoms. The van der Waals surface area contributed by atoms with Crippen LogP contribution in [0.4, 0.5) is 0 Å². The van der Waals surface area contributed by atoms with Gasteiger partial charge in [0.2, 0.25) is 23.6 Å². The molecular weight excluding hydrogens is 779 g/mol. The third-order valence-corrected chi connectivity index (χ3v) is 11.6. The van der Waals surface area contributed by atoms with Crippen LogP contribution < -0.4 is 21.3 Å². The monoisotopic (exact) mass is 844 g/mol. The molecule has 4 amide bonds. The number of amides is 4. The molecule has 1 atom stereocenters. The number of carbonyl (C=O) groups excluding carboxylic acids is 4. The molecule has 0 spiro atoms. The molecule has 4 N–H and O–H groups in total. The molecule has 0 saturated heterocycles. The van der Waals surface area contributed by atoms with E-state index in [1.807, 2.05) is 0 Å². The third kappa shape index (κ3) is 32.5. The molecular formula is C39H65N4O12PS. The first-order chi connectivity index (χ1) is 27.4. The van der Waals surface area contributed by atoms with Crippen LogP contribution in [0.15, 0.2) is 0 Å². The van der Waals surface area contributed by atoms with Crippen LogP contribution in [-0.4, -0.2) is 140 Å². The van der Waals surface area contributed by atoms with Crippen molar-refractivity contribution in [3.63, 3.8) is 0 Å². The number of thiol groups is 1. The van der Waals surface area contributed by atoms with Crippen LogP contribution in [-0.2, 0) is 56.7 Å². The molecule has 0 aromatic carbocycles. The molecule has 18 heteroatoms. The Morgan fingerprint density at radius 2 is 0.930 bits per heavy atom. The average molecular weight is 845 g/mol. The summed E-state index contributed by atoms with van der Waals surface area (Å²) < 4.78 is 49.7. The number of rotatable bonds is 38. The highest BCUT2D eigenvalue weighted by Crippen LogP contribution is 2.56. The fourth-order valence-electron chi connectivity index (χ4n) is 4.82. The maximum Gasteiger partial charge on any atom is 0.257 e. The highest BCUT2D eigenvalue weighted by atomic mass is 32.7. The maximum atomic E-state index is 13.4. The lowest BCUT2D eigenvalue weighted by molar-refractivity contribution is -0.127. The van der Waals surface area contributed by atoms with Gasteiger partial charge in [-0.05, 0) is 32.1 Å². The first-order valence-corrected chi connectivity index (χ1v) is 22.1. The number of hydrogen-bond acceptors (Lipinski definition) is 12. The Hall–Kier alpha value is -3.14. The van der Waals surface area contributed by atoms with Gasteiger partial charge in [-0.1, -0.05) is 43.9 Å². The predicted molar refractivity (Wildman–Crippen MR) is 221 cm³/mol. The number of hydrogen-bond donors (Lipinski definition) is 5. The number of carbonyl (C=O) groups is 4. The van der Waals surface area contributed by atoms with E-state index in [-0.39, 0.29) is 140 Å². The summed E-state index contributed by atoms with van der Waals surface area (Å²) in [4.78, 5) is 52.4. The summed E-state index contributed by atoms with van der Waals surface area (Å²) >= 11 is 4.14. The largest absolute Gasteiger partial charge is 0.377 e. The Kier molecular flexibility index (Phi) is 34.0. The second-order valence-electron chi connectivity index (χ2n) is 12.9. The lowest BCUT2D eigenvalue weighted by atomic mass is 9.83. The van der Waals surface area contributed by atoms with Gasteiger partial charge in [0.15, 0.2) is 0 Å². The van der Waals surface area contributed by atoms with Crippen LogP contribution in [0.2, 0.25) is 0 Å². The van der Waals surface area contributed by atoms with E-state index in [2.05, 4.69) is 51.3 Å². The van der Waals surface area contributed by atoms with Gasteiger partial charge in [0.05, 0.1) is 66.1 Å². The first kappa shape index (κ1) is 53.9. The van der Waals surface area contributed by atoms with Crippen molar-refractivity contribution < 1.29 is 56.7 Å². The summed E-state index contributed by atoms with van der Waals surface area (Å²) in [6, 6.07) is 0. The fraction of sp³-hybridized carbons (Fsp3) is 0.744. The summed E-state index contributed by atoms with van der Waals surface area (Å²) in [5.74, 6) is 5.90. The molecule has 0 radical (unpaired) electrons. The standard InChI is InChI=1S/C39H65N4O12PS/c1-6-21-49-28-31-52-25-18-40-35(44)12-15-39(16-13-36(45)41-19-26-53-32-29-50-22-7-2,17-14-37(46)42-20-27-54-33-30-51-23-8-3)43-38(47)11-9-10-24-55-56(48,57)34(4)5/h1-3,34H,9-33H2,4-5H3,(H,40,44)(H,41,45)(H,42,46)(H,43,47)(H,48,57). The summed E-state index contributed by atoms with van der Waals surface area (Å²) in [5.41, 5.74) is -1.35. The normalized spacial score (nSPS) is 12.2. The van der Waals surface area contributed by atoms with Gasteiger partial charge in [0.25, 0.3) is 6.57 Å². The summed E-state index contributed by atoms with van der Waals surface area (Å²) in [5, 5.41) is 11.5. The smallest absolute Gasteiger partial charge is 0.257 e. The van der Waals surface area contributed by atoms with E-state index in [1.54, 1.807) is 13.8 Å². The van der Waals surface area contributed by atoms with Crippen molar-refractivity contribution in [2.45, 2.75) is 82.8 Å². The van der Waals surface area contributed by atoms with Crippen LogP contribution in [0, 0.1) is 37.0 Å². The molecule has 324 valence electrons. The molecule has 0 aliphatic carbocycles. The minimum Gasteiger partial charge on any atom is -0.377 e. The molecule has 0 fully saturated rings. The number of terminal acetylenes is 3. The van der Waals surface area contributed by atoms with E-state index in [0.29, 0.717) is 52.5 Å². The van der Waals surface area contributed by atoms with E-state index in [9.17, 15) is 23.7 Å². The summed E-state index contributed by atoms with van der Waals surface area (Å²) in [6.07, 6.45) is 16.9. The Labute approximate surface area is 345 Å². The minimum atomic E-state index is -3.05. The van der Waals surface area contributed by atoms with Gasteiger partial charge in [-0.15, -0.1) is 19.3 Å². The van der Waals surface area contributed by atoms with E-state index >= 15 is 0 Å². The fourth-order valence-corrected chi connectivity index (χ4v) is 5.75. The van der Waals surface area contributed by atoms with Crippen molar-refractivity contribution in [1.82, 2.24) is 21.3 Å². The summed E-state index contributed by atoms with van der Waals surface area (Å²) in [6.45, 7) is 4.59. The molecule has 0 aliphatic rings.